The van der Waals surface area contributed by atoms with Crippen molar-refractivity contribution >= 4 is 46.9 Å². The Bertz CT molecular complexity index is 633. The average Bonchev–Trinajstić information content (AvgIpc) is 2.90. The highest BCUT2D eigenvalue weighted by Crippen LogP contribution is 2.27. The molecular weight excluding hydrogens is 296 g/mol. The second-order valence-corrected chi connectivity index (χ2v) is 7.65. The number of fused-ring (bicyclic) bond motifs is 1. The number of nitrogens with one attached hydrogen (secondary N) is 1. The highest BCUT2D eigenvalue weighted by atomic mass is 32.2. The van der Waals surface area contributed by atoms with Crippen LogP contribution < -0.4 is 0 Å². The van der Waals surface area contributed by atoms with Crippen molar-refractivity contribution in [2.75, 3.05) is 17.3 Å². The largest absolute Gasteiger partial charge is 0.328 e. The Morgan fingerprint density at radius 2 is 2.32 bits per heavy atom. The quantitative estimate of drug-likeness (QED) is 0.884. The smallest absolute Gasteiger partial charge is 0.179 e. The summed E-state index contributed by atoms with van der Waals surface area (Å²) in [6.07, 6.45) is 0. The molecule has 0 radical (unpaired) electrons. The highest BCUT2D eigenvalue weighted by molar-refractivity contribution is 8.06. The first kappa shape index (κ1) is 13.6. The molecule has 4 nitrogen and oxygen atoms in total. The summed E-state index contributed by atoms with van der Waals surface area (Å²) in [6.45, 7) is 6.03. The number of imidazole rings is 1. The van der Waals surface area contributed by atoms with Crippen LogP contribution in [-0.4, -0.2) is 41.8 Å². The molecule has 1 N–H and O–H groups in total. The molecule has 1 aliphatic heterocycles. The Kier molecular flexibility index (Phi) is 3.96. The topological polar surface area (TPSA) is 38.5 Å². The predicted molar refractivity (Wildman–Crippen MR) is 86.9 cm³/mol. The number of hydrogen-bond donors (Lipinski definition) is 1. The van der Waals surface area contributed by atoms with Gasteiger partial charge >= 0.3 is 0 Å². The molecule has 1 saturated heterocycles. The number of hydrogen-bond acceptors (Lipinski definition) is 4. The minimum Gasteiger partial charge on any atom is -0.328 e. The van der Waals surface area contributed by atoms with E-state index >= 15 is 0 Å². The van der Waals surface area contributed by atoms with Crippen LogP contribution in [0.25, 0.3) is 11.2 Å². The molecule has 2 aromatic rings. The first-order valence-corrected chi connectivity index (χ1v) is 9.17. The molecule has 1 fully saturated rings. The lowest BCUT2D eigenvalue weighted by Crippen LogP contribution is -2.21. The van der Waals surface area contributed by atoms with Crippen LogP contribution in [0.2, 0.25) is 0 Å². The Morgan fingerprint density at radius 3 is 3.00 bits per heavy atom. The third-order valence-electron chi connectivity index (χ3n) is 3.40. The first-order chi connectivity index (χ1) is 9.20. The van der Waals surface area contributed by atoms with Crippen molar-refractivity contribution in [2.24, 2.45) is 0 Å². The molecule has 3 heterocycles. The van der Waals surface area contributed by atoms with Crippen molar-refractivity contribution in [1.29, 1.82) is 0 Å². The summed E-state index contributed by atoms with van der Waals surface area (Å²) >= 11 is 9.61. The molecule has 0 spiro atoms. The summed E-state index contributed by atoms with van der Waals surface area (Å²) in [5, 5.41) is 5.23. The lowest BCUT2D eigenvalue weighted by Gasteiger charge is -2.21. The van der Waals surface area contributed by atoms with Crippen molar-refractivity contribution in [3.8, 4) is 0 Å². The van der Waals surface area contributed by atoms with Gasteiger partial charge in [-0.2, -0.15) is 28.6 Å². The monoisotopic (exact) mass is 314 g/mol. The van der Waals surface area contributed by atoms with Gasteiger partial charge in [0.05, 0.1) is 5.69 Å². The zero-order valence-electron chi connectivity index (χ0n) is 11.2. The van der Waals surface area contributed by atoms with Gasteiger partial charge in [-0.1, -0.05) is 0 Å². The minimum absolute atomic E-state index is 0.657. The Balaban J connectivity index is 2.01. The fourth-order valence-electron chi connectivity index (χ4n) is 2.50. The van der Waals surface area contributed by atoms with Gasteiger partial charge in [0.2, 0.25) is 0 Å². The molecule has 0 amide bonds. The maximum absolute atomic E-state index is 5.49. The average molecular weight is 315 g/mol. The minimum atomic E-state index is 0.657. The fraction of sp³-hybridized carbons (Fsp3) is 0.667. The van der Waals surface area contributed by atoms with Crippen LogP contribution in [0.1, 0.15) is 12.6 Å². The summed E-state index contributed by atoms with van der Waals surface area (Å²) < 4.78 is 5.11. The molecule has 3 rings (SSSR count). The molecule has 2 aromatic heterocycles. The number of aryl methyl sites for hydroxylation is 2. The van der Waals surface area contributed by atoms with Gasteiger partial charge in [-0.15, -0.1) is 0 Å². The zero-order chi connectivity index (χ0) is 13.4. The van der Waals surface area contributed by atoms with E-state index in [0.717, 1.165) is 34.7 Å². The normalized spacial score (nSPS) is 20.2. The van der Waals surface area contributed by atoms with Gasteiger partial charge in [-0.05, 0) is 26.1 Å². The summed E-state index contributed by atoms with van der Waals surface area (Å²) in [4.78, 5) is 3.32. The van der Waals surface area contributed by atoms with Gasteiger partial charge in [0.25, 0.3) is 0 Å². The van der Waals surface area contributed by atoms with Crippen molar-refractivity contribution in [2.45, 2.75) is 32.2 Å². The van der Waals surface area contributed by atoms with E-state index in [9.17, 15) is 0 Å². The van der Waals surface area contributed by atoms with Crippen LogP contribution in [0.3, 0.4) is 0 Å². The standard InChI is InChI=1S/C12H18N4S3/c1-3-16-11-10(8(2)14-16)13-12(17)15(11)6-9-7-18-4-5-19-9/h9H,3-7H2,1-2H3,(H,13,17). The second kappa shape index (κ2) is 5.54. The van der Waals surface area contributed by atoms with Gasteiger partial charge < -0.3 is 9.55 Å². The number of rotatable bonds is 3. The van der Waals surface area contributed by atoms with Crippen molar-refractivity contribution in [1.82, 2.24) is 19.3 Å². The Hall–Kier alpha value is -0.400. The Labute approximate surface area is 126 Å². The number of aromatic nitrogens is 4. The van der Waals surface area contributed by atoms with Gasteiger partial charge in [0, 0.05) is 35.6 Å². The van der Waals surface area contributed by atoms with Gasteiger partial charge in [0.1, 0.15) is 5.52 Å². The molecule has 7 heteroatoms. The summed E-state index contributed by atoms with van der Waals surface area (Å²) in [5.41, 5.74) is 3.29. The molecule has 19 heavy (non-hydrogen) atoms. The molecule has 1 unspecified atom stereocenters. The van der Waals surface area contributed by atoms with Gasteiger partial charge in [-0.3, -0.25) is 0 Å². The molecule has 104 valence electrons. The van der Waals surface area contributed by atoms with Crippen LogP contribution >= 0.6 is 35.7 Å². The molecule has 0 bridgehead atoms. The van der Waals surface area contributed by atoms with Crippen LogP contribution in [-0.2, 0) is 13.1 Å². The maximum Gasteiger partial charge on any atom is 0.179 e. The van der Waals surface area contributed by atoms with Gasteiger partial charge in [0.15, 0.2) is 10.4 Å². The molecular formula is C12H18N4S3. The molecule has 0 aliphatic carbocycles. The highest BCUT2D eigenvalue weighted by Gasteiger charge is 2.19. The molecule has 0 aromatic carbocycles. The molecule has 1 atom stereocenters. The van der Waals surface area contributed by atoms with Crippen molar-refractivity contribution < 1.29 is 0 Å². The third kappa shape index (κ3) is 2.48. The van der Waals surface area contributed by atoms with Gasteiger partial charge in [-0.25, -0.2) is 4.68 Å². The van der Waals surface area contributed by atoms with E-state index in [1.807, 2.05) is 6.92 Å². The van der Waals surface area contributed by atoms with E-state index in [4.69, 9.17) is 12.2 Å². The lowest BCUT2D eigenvalue weighted by molar-refractivity contribution is 0.623. The maximum atomic E-state index is 5.49. The third-order valence-corrected chi connectivity index (χ3v) is 6.55. The first-order valence-electron chi connectivity index (χ1n) is 6.56. The summed E-state index contributed by atoms with van der Waals surface area (Å²) in [5.74, 6) is 3.75. The van der Waals surface area contributed by atoms with Crippen LogP contribution in [0.5, 0.6) is 0 Å². The van der Waals surface area contributed by atoms with E-state index in [2.05, 4.69) is 49.8 Å². The van der Waals surface area contributed by atoms with Crippen LogP contribution in [0.4, 0.5) is 0 Å². The second-order valence-electron chi connectivity index (χ2n) is 4.71. The lowest BCUT2D eigenvalue weighted by atomic mass is 10.4. The molecule has 1 aliphatic rings. The van der Waals surface area contributed by atoms with E-state index in [-0.39, 0.29) is 0 Å². The summed E-state index contributed by atoms with van der Waals surface area (Å²) in [6, 6.07) is 0. The summed E-state index contributed by atoms with van der Waals surface area (Å²) in [7, 11) is 0. The van der Waals surface area contributed by atoms with E-state index < -0.39 is 0 Å². The van der Waals surface area contributed by atoms with Crippen molar-refractivity contribution in [3.63, 3.8) is 0 Å². The van der Waals surface area contributed by atoms with E-state index in [1.165, 1.54) is 17.3 Å². The number of thioether (sulfide) groups is 2. The van der Waals surface area contributed by atoms with Crippen molar-refractivity contribution in [3.05, 3.63) is 10.5 Å². The fourth-order valence-corrected chi connectivity index (χ4v) is 5.41. The van der Waals surface area contributed by atoms with E-state index in [0.29, 0.717) is 5.25 Å². The van der Waals surface area contributed by atoms with Crippen LogP contribution in [0.15, 0.2) is 0 Å². The van der Waals surface area contributed by atoms with E-state index in [1.54, 1.807) is 0 Å². The number of aromatic amines is 1. The number of nitrogens with zero attached hydrogens (tertiary/aromatic N) is 3. The molecule has 0 saturated carbocycles. The SMILES string of the molecule is CCn1nc(C)c2[nH]c(=S)n(CC3CSCCS3)c21. The predicted octanol–water partition coefficient (Wildman–Crippen LogP) is 3.07. The van der Waals surface area contributed by atoms with Crippen LogP contribution in [0, 0.1) is 11.7 Å². The zero-order valence-corrected chi connectivity index (χ0v) is 13.6. The Morgan fingerprint density at radius 1 is 1.47 bits per heavy atom. The number of H-pyrrole nitrogens is 1.